The molecule has 2 aromatic carbocycles. The van der Waals surface area contributed by atoms with Crippen molar-refractivity contribution in [2.45, 2.75) is 12.5 Å². The molecule has 1 aliphatic heterocycles. The van der Waals surface area contributed by atoms with E-state index in [2.05, 4.69) is 15.4 Å². The van der Waals surface area contributed by atoms with Crippen LogP contribution in [0.1, 0.15) is 16.8 Å². The second kappa shape index (κ2) is 9.17. The topological polar surface area (TPSA) is 106 Å². The summed E-state index contributed by atoms with van der Waals surface area (Å²) in [5.74, 6) is 0.535. The number of carbonyl (C=O) groups excluding carboxylic acids is 3. The highest BCUT2D eigenvalue weighted by Crippen LogP contribution is 2.33. The predicted molar refractivity (Wildman–Crippen MR) is 110 cm³/mol. The Labute approximate surface area is 173 Å². The quantitative estimate of drug-likeness (QED) is 0.705. The number of amides is 3. The molecule has 158 valence electrons. The molecule has 0 radical (unpaired) electrons. The van der Waals surface area contributed by atoms with Gasteiger partial charge in [0.05, 0.1) is 32.9 Å². The molecule has 0 aliphatic carbocycles. The van der Waals surface area contributed by atoms with Gasteiger partial charge in [0, 0.05) is 30.4 Å². The predicted octanol–water partition coefficient (Wildman–Crippen LogP) is 2.42. The molecule has 0 unspecified atom stereocenters. The molecule has 2 N–H and O–H groups in total. The van der Waals surface area contributed by atoms with Gasteiger partial charge in [0.2, 0.25) is 5.91 Å². The van der Waals surface area contributed by atoms with Crippen LogP contribution >= 0.6 is 0 Å². The van der Waals surface area contributed by atoms with Gasteiger partial charge in [0.25, 0.3) is 0 Å². The molecule has 9 nitrogen and oxygen atoms in total. The minimum Gasteiger partial charge on any atom is -0.493 e. The van der Waals surface area contributed by atoms with Crippen LogP contribution in [0.2, 0.25) is 0 Å². The molecule has 1 atom stereocenters. The first-order valence-corrected chi connectivity index (χ1v) is 9.23. The number of nitrogens with zero attached hydrogens (tertiary/aromatic N) is 1. The van der Waals surface area contributed by atoms with Gasteiger partial charge in [0.15, 0.2) is 11.5 Å². The highest BCUT2D eigenvalue weighted by Gasteiger charge is 2.32. The standard InChI is InChI=1S/C21H23N3O6/c1-28-17-9-8-16(11-18(17)29-2)24-12-15(10-19(24)25)23-21(27)22-14-6-4-13(5-7-14)20(26)30-3/h4-9,11,15H,10,12H2,1-3H3,(H2,22,23,27)/t15-/m1/s1. The van der Waals surface area contributed by atoms with Gasteiger partial charge in [-0.25, -0.2) is 9.59 Å². The number of nitrogens with one attached hydrogen (secondary N) is 2. The molecule has 1 fully saturated rings. The van der Waals surface area contributed by atoms with Crippen LogP contribution in [0.15, 0.2) is 42.5 Å². The van der Waals surface area contributed by atoms with Gasteiger partial charge in [0.1, 0.15) is 0 Å². The van der Waals surface area contributed by atoms with E-state index in [4.69, 9.17) is 9.47 Å². The number of urea groups is 1. The van der Waals surface area contributed by atoms with Gasteiger partial charge in [-0.3, -0.25) is 4.79 Å². The summed E-state index contributed by atoms with van der Waals surface area (Å²) in [6.45, 7) is 0.336. The number of benzene rings is 2. The molecule has 0 aromatic heterocycles. The Morgan fingerprint density at radius 1 is 1.00 bits per heavy atom. The van der Waals surface area contributed by atoms with E-state index >= 15 is 0 Å². The summed E-state index contributed by atoms with van der Waals surface area (Å²) < 4.78 is 15.1. The van der Waals surface area contributed by atoms with E-state index in [9.17, 15) is 14.4 Å². The largest absolute Gasteiger partial charge is 0.493 e. The molecule has 0 spiro atoms. The van der Waals surface area contributed by atoms with Crippen LogP contribution in [-0.2, 0) is 9.53 Å². The molecule has 1 aliphatic rings. The first-order valence-electron chi connectivity index (χ1n) is 9.23. The van der Waals surface area contributed by atoms with E-state index in [1.165, 1.54) is 14.2 Å². The molecule has 3 rings (SSSR count). The molecule has 2 aromatic rings. The number of ether oxygens (including phenoxy) is 3. The number of rotatable bonds is 6. The molecule has 0 saturated carbocycles. The summed E-state index contributed by atoms with van der Waals surface area (Å²) in [5.41, 5.74) is 1.57. The zero-order valence-corrected chi connectivity index (χ0v) is 16.9. The highest BCUT2D eigenvalue weighted by molar-refractivity contribution is 5.98. The van der Waals surface area contributed by atoms with E-state index in [1.54, 1.807) is 54.5 Å². The second-order valence-corrected chi connectivity index (χ2v) is 6.61. The van der Waals surface area contributed by atoms with Crippen molar-refractivity contribution < 1.29 is 28.6 Å². The third-order valence-electron chi connectivity index (χ3n) is 4.70. The number of hydrogen-bond acceptors (Lipinski definition) is 6. The first kappa shape index (κ1) is 21.0. The van der Waals surface area contributed by atoms with Crippen LogP contribution < -0.4 is 25.0 Å². The van der Waals surface area contributed by atoms with Crippen molar-refractivity contribution in [1.82, 2.24) is 5.32 Å². The Balaban J connectivity index is 1.60. The Morgan fingerprint density at radius 3 is 2.33 bits per heavy atom. The molecule has 1 saturated heterocycles. The van der Waals surface area contributed by atoms with Crippen molar-refractivity contribution in [1.29, 1.82) is 0 Å². The summed E-state index contributed by atoms with van der Waals surface area (Å²) in [5, 5.41) is 5.48. The minimum absolute atomic E-state index is 0.102. The van der Waals surface area contributed by atoms with Gasteiger partial charge in [-0.05, 0) is 36.4 Å². The SMILES string of the molecule is COC(=O)c1ccc(NC(=O)N[C@@H]2CC(=O)N(c3ccc(OC)c(OC)c3)C2)cc1. The third kappa shape index (κ3) is 4.62. The fourth-order valence-electron chi connectivity index (χ4n) is 3.21. The van der Waals surface area contributed by atoms with Crippen molar-refractivity contribution in [3.8, 4) is 11.5 Å². The number of methoxy groups -OCH3 is 3. The van der Waals surface area contributed by atoms with E-state index in [1.807, 2.05) is 0 Å². The van der Waals surface area contributed by atoms with Crippen molar-refractivity contribution in [2.75, 3.05) is 38.1 Å². The maximum atomic E-state index is 12.4. The maximum absolute atomic E-state index is 12.4. The van der Waals surface area contributed by atoms with E-state index in [0.717, 1.165) is 0 Å². The lowest BCUT2D eigenvalue weighted by Crippen LogP contribution is -2.39. The Bertz CT molecular complexity index is 944. The fraction of sp³-hybridized carbons (Fsp3) is 0.286. The molecule has 1 heterocycles. The molecular formula is C21H23N3O6. The lowest BCUT2D eigenvalue weighted by atomic mass is 10.2. The van der Waals surface area contributed by atoms with Gasteiger partial charge in [-0.2, -0.15) is 0 Å². The van der Waals surface area contributed by atoms with Crippen LogP contribution in [0.4, 0.5) is 16.2 Å². The minimum atomic E-state index is -0.453. The average molecular weight is 413 g/mol. The Kier molecular flexibility index (Phi) is 6.41. The zero-order chi connectivity index (χ0) is 21.7. The number of esters is 1. The van der Waals surface area contributed by atoms with Gasteiger partial charge >= 0.3 is 12.0 Å². The summed E-state index contributed by atoms with van der Waals surface area (Å²) in [6, 6.07) is 10.7. The van der Waals surface area contributed by atoms with Crippen molar-refractivity contribution >= 4 is 29.3 Å². The van der Waals surface area contributed by atoms with E-state index < -0.39 is 12.0 Å². The molecule has 0 bridgehead atoms. The third-order valence-corrected chi connectivity index (χ3v) is 4.70. The van der Waals surface area contributed by atoms with Crippen LogP contribution in [-0.4, -0.2) is 51.8 Å². The zero-order valence-electron chi connectivity index (χ0n) is 16.9. The Hall–Kier alpha value is -3.75. The average Bonchev–Trinajstić information content (AvgIpc) is 3.12. The Morgan fingerprint density at radius 2 is 1.70 bits per heavy atom. The lowest BCUT2D eigenvalue weighted by molar-refractivity contribution is -0.117. The van der Waals surface area contributed by atoms with Crippen LogP contribution in [0.3, 0.4) is 0 Å². The summed E-state index contributed by atoms with van der Waals surface area (Å²) >= 11 is 0. The number of anilines is 2. The maximum Gasteiger partial charge on any atom is 0.337 e. The molecule has 30 heavy (non-hydrogen) atoms. The smallest absolute Gasteiger partial charge is 0.337 e. The number of hydrogen-bond donors (Lipinski definition) is 2. The molecule has 9 heteroatoms. The van der Waals surface area contributed by atoms with Crippen molar-refractivity contribution in [2.24, 2.45) is 0 Å². The monoisotopic (exact) mass is 413 g/mol. The normalized spacial score (nSPS) is 15.5. The van der Waals surface area contributed by atoms with Gasteiger partial charge < -0.3 is 29.7 Å². The second-order valence-electron chi connectivity index (χ2n) is 6.61. The van der Waals surface area contributed by atoms with Crippen LogP contribution in [0, 0.1) is 0 Å². The lowest BCUT2D eigenvalue weighted by Gasteiger charge is -2.19. The summed E-state index contributed by atoms with van der Waals surface area (Å²) in [7, 11) is 4.37. The van der Waals surface area contributed by atoms with E-state index in [0.29, 0.717) is 35.0 Å². The van der Waals surface area contributed by atoms with Crippen LogP contribution in [0.25, 0.3) is 0 Å². The van der Waals surface area contributed by atoms with E-state index in [-0.39, 0.29) is 18.4 Å². The fourth-order valence-corrected chi connectivity index (χ4v) is 3.21. The van der Waals surface area contributed by atoms with Crippen molar-refractivity contribution in [3.05, 3.63) is 48.0 Å². The highest BCUT2D eigenvalue weighted by atomic mass is 16.5. The first-order chi connectivity index (χ1) is 14.4. The molecule has 3 amide bonds. The summed E-state index contributed by atoms with van der Waals surface area (Å²) in [4.78, 5) is 37.8. The number of carbonyl (C=O) groups is 3. The van der Waals surface area contributed by atoms with Gasteiger partial charge in [-0.15, -0.1) is 0 Å². The molecular weight excluding hydrogens is 390 g/mol. The summed E-state index contributed by atoms with van der Waals surface area (Å²) in [6.07, 6.45) is 0.184. The van der Waals surface area contributed by atoms with Crippen molar-refractivity contribution in [3.63, 3.8) is 0 Å². The van der Waals surface area contributed by atoms with Gasteiger partial charge in [-0.1, -0.05) is 0 Å². The van der Waals surface area contributed by atoms with Crippen LogP contribution in [0.5, 0.6) is 11.5 Å².